The van der Waals surface area contributed by atoms with Gasteiger partial charge in [0.25, 0.3) is 0 Å². The zero-order valence-corrected chi connectivity index (χ0v) is 10.0. The van der Waals surface area contributed by atoms with Crippen LogP contribution in [0.4, 0.5) is 5.69 Å². The lowest BCUT2D eigenvalue weighted by molar-refractivity contribution is -0.120. The van der Waals surface area contributed by atoms with Gasteiger partial charge in [0.05, 0.1) is 5.54 Å². The minimum atomic E-state index is -0.869. The van der Waals surface area contributed by atoms with Crippen LogP contribution in [-0.4, -0.2) is 11.4 Å². The fourth-order valence-electron chi connectivity index (χ4n) is 1.56. The highest BCUT2D eigenvalue weighted by atomic mass is 16.2. The third-order valence-corrected chi connectivity index (χ3v) is 2.59. The molecule has 0 aromatic heterocycles. The van der Waals surface area contributed by atoms with Crippen LogP contribution in [0, 0.1) is 0 Å². The van der Waals surface area contributed by atoms with Crippen molar-refractivity contribution >= 4 is 22.4 Å². The molecule has 3 N–H and O–H groups in total. The zero-order valence-electron chi connectivity index (χ0n) is 10.0. The van der Waals surface area contributed by atoms with Crippen LogP contribution in [0.1, 0.15) is 13.8 Å². The van der Waals surface area contributed by atoms with Crippen molar-refractivity contribution in [1.82, 2.24) is 0 Å². The third kappa shape index (κ3) is 2.63. The molecule has 17 heavy (non-hydrogen) atoms. The molecule has 0 aliphatic carbocycles. The maximum atomic E-state index is 11.7. The summed E-state index contributed by atoms with van der Waals surface area (Å²) in [5.41, 5.74) is 5.63. The number of carbonyl (C=O) groups excluding carboxylic acids is 1. The Balaban J connectivity index is 2.29. The van der Waals surface area contributed by atoms with Crippen molar-refractivity contribution in [2.24, 2.45) is 5.73 Å². The van der Waals surface area contributed by atoms with Crippen LogP contribution < -0.4 is 11.1 Å². The summed E-state index contributed by atoms with van der Waals surface area (Å²) in [7, 11) is 0. The number of benzene rings is 2. The Morgan fingerprint density at radius 3 is 2.41 bits per heavy atom. The summed E-state index contributed by atoms with van der Waals surface area (Å²) >= 11 is 0. The first-order valence-electron chi connectivity index (χ1n) is 5.56. The number of fused-ring (bicyclic) bond motifs is 1. The first-order valence-corrected chi connectivity index (χ1v) is 5.56. The molecule has 2 aromatic carbocycles. The number of anilines is 1. The number of nitrogens with two attached hydrogens (primary N) is 1. The van der Waals surface area contributed by atoms with Crippen molar-refractivity contribution in [1.29, 1.82) is 0 Å². The summed E-state index contributed by atoms with van der Waals surface area (Å²) < 4.78 is 0. The maximum absolute atomic E-state index is 11.7. The Morgan fingerprint density at radius 2 is 1.76 bits per heavy atom. The molecular formula is C14H16N2O. The number of amides is 1. The minimum Gasteiger partial charge on any atom is -0.324 e. The van der Waals surface area contributed by atoms with Gasteiger partial charge in [-0.05, 0) is 36.8 Å². The lowest BCUT2D eigenvalue weighted by atomic mass is 10.1. The monoisotopic (exact) mass is 228 g/mol. The van der Waals surface area contributed by atoms with E-state index in [1.165, 1.54) is 0 Å². The molecule has 1 amide bonds. The molecule has 0 bridgehead atoms. The van der Waals surface area contributed by atoms with E-state index >= 15 is 0 Å². The molecule has 0 spiro atoms. The SMILES string of the molecule is CC(C)(N)C(=O)Nc1ccc2ccccc2c1. The van der Waals surface area contributed by atoms with Crippen LogP contribution in [0.25, 0.3) is 10.8 Å². The van der Waals surface area contributed by atoms with E-state index in [4.69, 9.17) is 5.73 Å². The quantitative estimate of drug-likeness (QED) is 0.829. The number of hydrogen-bond donors (Lipinski definition) is 2. The van der Waals surface area contributed by atoms with E-state index in [-0.39, 0.29) is 5.91 Å². The largest absolute Gasteiger partial charge is 0.324 e. The van der Waals surface area contributed by atoms with E-state index in [1.54, 1.807) is 13.8 Å². The number of carbonyl (C=O) groups is 1. The molecule has 88 valence electrons. The molecule has 0 atom stereocenters. The summed E-state index contributed by atoms with van der Waals surface area (Å²) in [4.78, 5) is 11.7. The first kappa shape index (κ1) is 11.6. The van der Waals surface area contributed by atoms with Gasteiger partial charge in [0, 0.05) is 5.69 Å². The van der Waals surface area contributed by atoms with Gasteiger partial charge in [-0.2, -0.15) is 0 Å². The van der Waals surface area contributed by atoms with Gasteiger partial charge in [0.2, 0.25) is 5.91 Å². The number of hydrogen-bond acceptors (Lipinski definition) is 2. The predicted octanol–water partition coefficient (Wildman–Crippen LogP) is 2.52. The van der Waals surface area contributed by atoms with Crippen molar-refractivity contribution < 1.29 is 4.79 Å². The molecule has 3 heteroatoms. The van der Waals surface area contributed by atoms with Gasteiger partial charge in [0.1, 0.15) is 0 Å². The summed E-state index contributed by atoms with van der Waals surface area (Å²) in [6.07, 6.45) is 0. The van der Waals surface area contributed by atoms with Crippen molar-refractivity contribution in [3.63, 3.8) is 0 Å². The van der Waals surface area contributed by atoms with Gasteiger partial charge in [-0.15, -0.1) is 0 Å². The second-order valence-electron chi connectivity index (χ2n) is 4.74. The second kappa shape index (κ2) is 4.18. The normalized spacial score (nSPS) is 11.5. The first-order chi connectivity index (χ1) is 7.97. The number of nitrogens with one attached hydrogen (secondary N) is 1. The highest BCUT2D eigenvalue weighted by Crippen LogP contribution is 2.19. The topological polar surface area (TPSA) is 55.1 Å². The Kier molecular flexibility index (Phi) is 2.86. The summed E-state index contributed by atoms with van der Waals surface area (Å²) in [5, 5.41) is 5.06. The molecule has 0 saturated carbocycles. The molecule has 3 nitrogen and oxygen atoms in total. The molecule has 0 unspecified atom stereocenters. The van der Waals surface area contributed by atoms with E-state index in [0.717, 1.165) is 16.5 Å². The van der Waals surface area contributed by atoms with Gasteiger partial charge >= 0.3 is 0 Å². The highest BCUT2D eigenvalue weighted by molar-refractivity contribution is 5.99. The molecule has 0 saturated heterocycles. The molecule has 0 aliphatic heterocycles. The summed E-state index contributed by atoms with van der Waals surface area (Å²) in [6, 6.07) is 13.8. The van der Waals surface area contributed by atoms with Gasteiger partial charge < -0.3 is 11.1 Å². The Labute approximate surface area is 101 Å². The van der Waals surface area contributed by atoms with E-state index in [2.05, 4.69) is 5.32 Å². The standard InChI is InChI=1S/C14H16N2O/c1-14(2,15)13(17)16-12-8-7-10-5-3-4-6-11(10)9-12/h3-9H,15H2,1-2H3,(H,16,17). The van der Waals surface area contributed by atoms with Crippen LogP contribution in [0.3, 0.4) is 0 Å². The fourth-order valence-corrected chi connectivity index (χ4v) is 1.56. The van der Waals surface area contributed by atoms with Crippen LogP contribution in [0.2, 0.25) is 0 Å². The Bertz CT molecular complexity index is 555. The van der Waals surface area contributed by atoms with Gasteiger partial charge in [-0.3, -0.25) is 4.79 Å². The summed E-state index contributed by atoms with van der Waals surface area (Å²) in [6.45, 7) is 3.37. The van der Waals surface area contributed by atoms with Gasteiger partial charge in [-0.25, -0.2) is 0 Å². The molecular weight excluding hydrogens is 212 g/mol. The third-order valence-electron chi connectivity index (χ3n) is 2.59. The molecule has 2 aromatic rings. The molecule has 0 heterocycles. The van der Waals surface area contributed by atoms with Gasteiger partial charge in [-0.1, -0.05) is 30.3 Å². The van der Waals surface area contributed by atoms with Crippen molar-refractivity contribution in [2.45, 2.75) is 19.4 Å². The molecule has 2 rings (SSSR count). The lowest BCUT2D eigenvalue weighted by Gasteiger charge is -2.17. The van der Waals surface area contributed by atoms with E-state index in [0.29, 0.717) is 0 Å². The average Bonchev–Trinajstić information content (AvgIpc) is 2.27. The Morgan fingerprint density at radius 1 is 1.12 bits per heavy atom. The molecule has 0 fully saturated rings. The highest BCUT2D eigenvalue weighted by Gasteiger charge is 2.21. The molecule has 0 aliphatic rings. The second-order valence-corrected chi connectivity index (χ2v) is 4.74. The van der Waals surface area contributed by atoms with Gasteiger partial charge in [0.15, 0.2) is 0 Å². The van der Waals surface area contributed by atoms with Crippen molar-refractivity contribution in [2.75, 3.05) is 5.32 Å². The number of rotatable bonds is 2. The zero-order chi connectivity index (χ0) is 12.5. The lowest BCUT2D eigenvalue weighted by Crippen LogP contribution is -2.45. The molecule has 0 radical (unpaired) electrons. The minimum absolute atomic E-state index is 0.187. The van der Waals surface area contributed by atoms with Crippen LogP contribution >= 0.6 is 0 Å². The van der Waals surface area contributed by atoms with Crippen LogP contribution in [-0.2, 0) is 4.79 Å². The smallest absolute Gasteiger partial charge is 0.243 e. The van der Waals surface area contributed by atoms with Crippen molar-refractivity contribution in [3.8, 4) is 0 Å². The average molecular weight is 228 g/mol. The Hall–Kier alpha value is -1.87. The van der Waals surface area contributed by atoms with E-state index in [9.17, 15) is 4.79 Å². The van der Waals surface area contributed by atoms with Crippen LogP contribution in [0.5, 0.6) is 0 Å². The predicted molar refractivity (Wildman–Crippen MR) is 70.8 cm³/mol. The van der Waals surface area contributed by atoms with Crippen molar-refractivity contribution in [3.05, 3.63) is 42.5 Å². The maximum Gasteiger partial charge on any atom is 0.243 e. The van der Waals surface area contributed by atoms with E-state index in [1.807, 2.05) is 42.5 Å². The van der Waals surface area contributed by atoms with E-state index < -0.39 is 5.54 Å². The summed E-state index contributed by atoms with van der Waals surface area (Å²) in [5.74, 6) is -0.187. The fraction of sp³-hybridized carbons (Fsp3) is 0.214. The van der Waals surface area contributed by atoms with Crippen LogP contribution in [0.15, 0.2) is 42.5 Å².